The van der Waals surface area contributed by atoms with E-state index in [4.69, 9.17) is 0 Å². The third-order valence-corrected chi connectivity index (χ3v) is 4.08. The smallest absolute Gasteiger partial charge is 0.236 e. The SMILES string of the molecule is O=C1NC(O)SC1Cc1cnc2cc(O)ccc2c1. The molecule has 1 amide bonds. The monoisotopic (exact) mass is 276 g/mol. The van der Waals surface area contributed by atoms with Gasteiger partial charge in [0, 0.05) is 17.6 Å². The molecule has 2 atom stereocenters. The van der Waals surface area contributed by atoms with Crippen LogP contribution < -0.4 is 5.32 Å². The molecule has 3 N–H and O–H groups in total. The minimum atomic E-state index is -0.817. The number of phenols is 1. The van der Waals surface area contributed by atoms with Crippen LogP contribution in [0.1, 0.15) is 5.56 Å². The number of aliphatic hydroxyl groups is 1. The number of aliphatic hydroxyl groups excluding tert-OH is 1. The molecule has 1 aliphatic rings. The Labute approximate surface area is 113 Å². The highest BCUT2D eigenvalue weighted by Gasteiger charge is 2.31. The van der Waals surface area contributed by atoms with Crippen molar-refractivity contribution in [3.05, 3.63) is 36.0 Å². The minimum Gasteiger partial charge on any atom is -0.508 e. The van der Waals surface area contributed by atoms with Crippen LogP contribution in [0.3, 0.4) is 0 Å². The topological polar surface area (TPSA) is 82.5 Å². The van der Waals surface area contributed by atoms with Gasteiger partial charge < -0.3 is 15.5 Å². The second-order valence-electron chi connectivity index (χ2n) is 4.41. The Morgan fingerprint density at radius 2 is 2.21 bits per heavy atom. The summed E-state index contributed by atoms with van der Waals surface area (Å²) < 4.78 is 0. The van der Waals surface area contributed by atoms with Crippen molar-refractivity contribution in [1.29, 1.82) is 0 Å². The van der Waals surface area contributed by atoms with Gasteiger partial charge in [-0.25, -0.2) is 0 Å². The fourth-order valence-electron chi connectivity index (χ4n) is 2.09. The summed E-state index contributed by atoms with van der Waals surface area (Å²) in [6, 6.07) is 6.94. The van der Waals surface area contributed by atoms with E-state index in [2.05, 4.69) is 10.3 Å². The van der Waals surface area contributed by atoms with E-state index in [1.807, 2.05) is 6.07 Å². The molecule has 1 fully saturated rings. The lowest BCUT2D eigenvalue weighted by Gasteiger charge is -2.07. The van der Waals surface area contributed by atoms with Crippen molar-refractivity contribution in [2.45, 2.75) is 17.2 Å². The highest BCUT2D eigenvalue weighted by atomic mass is 32.2. The summed E-state index contributed by atoms with van der Waals surface area (Å²) in [7, 11) is 0. The summed E-state index contributed by atoms with van der Waals surface area (Å²) >= 11 is 1.20. The molecule has 3 rings (SSSR count). The van der Waals surface area contributed by atoms with Gasteiger partial charge in [0.1, 0.15) is 5.75 Å². The molecule has 1 aliphatic heterocycles. The van der Waals surface area contributed by atoms with Crippen molar-refractivity contribution in [2.24, 2.45) is 0 Å². The van der Waals surface area contributed by atoms with Gasteiger partial charge in [-0.15, -0.1) is 0 Å². The van der Waals surface area contributed by atoms with Crippen LogP contribution in [0.4, 0.5) is 0 Å². The van der Waals surface area contributed by atoms with E-state index in [1.165, 1.54) is 11.8 Å². The number of hydrogen-bond acceptors (Lipinski definition) is 5. The van der Waals surface area contributed by atoms with Crippen molar-refractivity contribution in [3.63, 3.8) is 0 Å². The van der Waals surface area contributed by atoms with Gasteiger partial charge in [0.2, 0.25) is 5.91 Å². The molecule has 0 spiro atoms. The lowest BCUT2D eigenvalue weighted by Crippen LogP contribution is -2.27. The van der Waals surface area contributed by atoms with Gasteiger partial charge >= 0.3 is 0 Å². The van der Waals surface area contributed by atoms with E-state index in [0.29, 0.717) is 11.9 Å². The normalized spacial score (nSPS) is 22.7. The first kappa shape index (κ1) is 12.3. The Kier molecular flexibility index (Phi) is 3.04. The summed E-state index contributed by atoms with van der Waals surface area (Å²) in [5.41, 5.74) is 0.829. The molecule has 2 heterocycles. The second kappa shape index (κ2) is 4.71. The number of amides is 1. The fraction of sp³-hybridized carbons (Fsp3) is 0.231. The predicted octanol–water partition coefficient (Wildman–Crippen LogP) is 0.990. The molecule has 98 valence electrons. The van der Waals surface area contributed by atoms with Crippen LogP contribution >= 0.6 is 11.8 Å². The Hall–Kier alpha value is -1.79. The lowest BCUT2D eigenvalue weighted by atomic mass is 10.1. The number of carbonyl (C=O) groups is 1. The molecule has 1 aromatic carbocycles. The zero-order valence-corrected chi connectivity index (χ0v) is 10.7. The number of aromatic nitrogens is 1. The fourth-order valence-corrected chi connectivity index (χ4v) is 3.06. The number of phenolic OH excluding ortho intramolecular Hbond substituents is 1. The third-order valence-electron chi connectivity index (χ3n) is 3.00. The molecule has 0 aliphatic carbocycles. The van der Waals surface area contributed by atoms with E-state index in [-0.39, 0.29) is 16.9 Å². The van der Waals surface area contributed by atoms with E-state index in [1.54, 1.807) is 24.4 Å². The number of carbonyl (C=O) groups excluding carboxylic acids is 1. The Morgan fingerprint density at radius 1 is 1.37 bits per heavy atom. The largest absolute Gasteiger partial charge is 0.508 e. The maximum Gasteiger partial charge on any atom is 0.236 e. The van der Waals surface area contributed by atoms with Crippen molar-refractivity contribution < 1.29 is 15.0 Å². The van der Waals surface area contributed by atoms with Crippen LogP contribution in [-0.4, -0.2) is 31.9 Å². The molecule has 2 aromatic rings. The zero-order chi connectivity index (χ0) is 13.4. The van der Waals surface area contributed by atoms with Crippen LogP contribution in [-0.2, 0) is 11.2 Å². The van der Waals surface area contributed by atoms with Gasteiger partial charge in [0.15, 0.2) is 5.56 Å². The van der Waals surface area contributed by atoms with Gasteiger partial charge in [0.25, 0.3) is 0 Å². The maximum absolute atomic E-state index is 11.6. The average molecular weight is 276 g/mol. The molecule has 0 saturated carbocycles. The standard InChI is InChI=1S/C13H12N2O3S/c16-9-2-1-8-3-7(6-14-10(8)5-9)4-11-12(17)15-13(18)19-11/h1-3,5-6,11,13,16,18H,4H2,(H,15,17). The number of thioether (sulfide) groups is 1. The van der Waals surface area contributed by atoms with Crippen LogP contribution in [0.25, 0.3) is 10.9 Å². The highest BCUT2D eigenvalue weighted by Crippen LogP contribution is 2.26. The second-order valence-corrected chi connectivity index (χ2v) is 5.70. The summed E-state index contributed by atoms with van der Waals surface area (Å²) in [6.45, 7) is 0. The number of nitrogens with zero attached hydrogens (tertiary/aromatic N) is 1. The van der Waals surface area contributed by atoms with Gasteiger partial charge in [-0.2, -0.15) is 0 Å². The maximum atomic E-state index is 11.6. The molecule has 0 bridgehead atoms. The predicted molar refractivity (Wildman–Crippen MR) is 72.6 cm³/mol. The lowest BCUT2D eigenvalue weighted by molar-refractivity contribution is -0.121. The van der Waals surface area contributed by atoms with Crippen molar-refractivity contribution in [2.75, 3.05) is 0 Å². The number of nitrogens with one attached hydrogen (secondary N) is 1. The molecule has 2 unspecified atom stereocenters. The summed E-state index contributed by atoms with van der Waals surface area (Å²) in [5.74, 6) is 0.0323. The van der Waals surface area contributed by atoms with Gasteiger partial charge in [0.05, 0.1) is 10.8 Å². The molecule has 6 heteroatoms. The van der Waals surface area contributed by atoms with Crippen LogP contribution in [0, 0.1) is 0 Å². The molecule has 19 heavy (non-hydrogen) atoms. The molecule has 0 radical (unpaired) electrons. The van der Waals surface area contributed by atoms with E-state index < -0.39 is 5.56 Å². The Morgan fingerprint density at radius 3 is 2.95 bits per heavy atom. The van der Waals surface area contributed by atoms with Crippen molar-refractivity contribution >= 4 is 28.6 Å². The summed E-state index contributed by atoms with van der Waals surface area (Å²) in [4.78, 5) is 15.8. The molecular formula is C13H12N2O3S. The molecule has 1 aromatic heterocycles. The Bertz CT molecular complexity index is 647. The zero-order valence-electron chi connectivity index (χ0n) is 9.91. The van der Waals surface area contributed by atoms with Gasteiger partial charge in [-0.1, -0.05) is 11.8 Å². The minimum absolute atomic E-state index is 0.150. The first-order chi connectivity index (χ1) is 9.11. The highest BCUT2D eigenvalue weighted by molar-refractivity contribution is 8.01. The van der Waals surface area contributed by atoms with E-state index in [0.717, 1.165) is 10.9 Å². The van der Waals surface area contributed by atoms with Crippen LogP contribution in [0.15, 0.2) is 30.5 Å². The third kappa shape index (κ3) is 2.50. The number of hydrogen-bond donors (Lipinski definition) is 3. The van der Waals surface area contributed by atoms with E-state index in [9.17, 15) is 15.0 Å². The Balaban J connectivity index is 1.86. The van der Waals surface area contributed by atoms with E-state index >= 15 is 0 Å². The van der Waals surface area contributed by atoms with Crippen molar-refractivity contribution in [3.8, 4) is 5.75 Å². The number of fused-ring (bicyclic) bond motifs is 1. The number of rotatable bonds is 2. The molecular weight excluding hydrogens is 264 g/mol. The first-order valence-electron chi connectivity index (χ1n) is 5.83. The molecule has 5 nitrogen and oxygen atoms in total. The number of pyridine rings is 1. The number of aromatic hydroxyl groups is 1. The van der Waals surface area contributed by atoms with Crippen LogP contribution in [0.5, 0.6) is 5.75 Å². The van der Waals surface area contributed by atoms with Crippen molar-refractivity contribution in [1.82, 2.24) is 10.3 Å². The summed E-state index contributed by atoms with van der Waals surface area (Å²) in [6.07, 6.45) is 2.22. The molecule has 1 saturated heterocycles. The average Bonchev–Trinajstić information content (AvgIpc) is 2.68. The van der Waals surface area contributed by atoms with Crippen LogP contribution in [0.2, 0.25) is 0 Å². The van der Waals surface area contributed by atoms with Gasteiger partial charge in [-0.05, 0) is 30.2 Å². The summed E-state index contributed by atoms with van der Waals surface area (Å²) in [5, 5.41) is 21.8. The quantitative estimate of drug-likeness (QED) is 0.762. The number of benzene rings is 1. The first-order valence-corrected chi connectivity index (χ1v) is 6.78. The van der Waals surface area contributed by atoms with Gasteiger partial charge in [-0.3, -0.25) is 9.78 Å².